The number of alkyl carbamates (subject to hydrolysis) is 1. The monoisotopic (exact) mass is 514 g/mol. The van der Waals surface area contributed by atoms with E-state index in [4.69, 9.17) is 9.84 Å². The van der Waals surface area contributed by atoms with Crippen molar-refractivity contribution in [3.8, 4) is 11.1 Å². The van der Waals surface area contributed by atoms with Crippen LogP contribution >= 0.6 is 0 Å². The summed E-state index contributed by atoms with van der Waals surface area (Å²) in [6.45, 7) is 4.72. The van der Waals surface area contributed by atoms with Crippen LogP contribution < -0.4 is 5.32 Å². The Morgan fingerprint density at radius 3 is 2.08 bits per heavy atom. The Hall–Kier alpha value is -4.13. The third-order valence-corrected chi connectivity index (χ3v) is 6.85. The molecule has 1 aliphatic rings. The summed E-state index contributed by atoms with van der Waals surface area (Å²) in [5, 5.41) is 11.9. The number of benzene rings is 3. The molecule has 0 unspecified atom stereocenters. The molecule has 0 radical (unpaired) electrons. The van der Waals surface area contributed by atoms with Gasteiger partial charge in [0.05, 0.1) is 6.42 Å². The van der Waals surface area contributed by atoms with Crippen molar-refractivity contribution >= 4 is 18.0 Å². The van der Waals surface area contributed by atoms with Gasteiger partial charge in [-0.1, -0.05) is 92.7 Å². The maximum atomic E-state index is 13.1. The molecule has 0 spiro atoms. The van der Waals surface area contributed by atoms with Crippen LogP contribution in [0, 0.1) is 5.41 Å². The van der Waals surface area contributed by atoms with E-state index in [9.17, 15) is 14.4 Å². The van der Waals surface area contributed by atoms with E-state index >= 15 is 0 Å². The summed E-state index contributed by atoms with van der Waals surface area (Å²) >= 11 is 0. The molecule has 3 aromatic rings. The quantitative estimate of drug-likeness (QED) is 0.355. The summed E-state index contributed by atoms with van der Waals surface area (Å²) in [4.78, 5) is 38.5. The van der Waals surface area contributed by atoms with E-state index in [0.717, 1.165) is 16.7 Å². The lowest BCUT2D eigenvalue weighted by Gasteiger charge is -2.29. The number of amides is 2. The second kappa shape index (κ2) is 11.9. The van der Waals surface area contributed by atoms with E-state index in [0.29, 0.717) is 6.54 Å². The lowest BCUT2D eigenvalue weighted by molar-refractivity contribution is -0.139. The molecular weight excluding hydrogens is 480 g/mol. The Morgan fingerprint density at radius 2 is 1.47 bits per heavy atom. The van der Waals surface area contributed by atoms with Crippen molar-refractivity contribution in [3.63, 3.8) is 0 Å². The molecule has 0 atom stereocenters. The smallest absolute Gasteiger partial charge is 0.407 e. The van der Waals surface area contributed by atoms with Gasteiger partial charge in [0.1, 0.15) is 6.61 Å². The van der Waals surface area contributed by atoms with Crippen LogP contribution in [0.1, 0.15) is 49.3 Å². The largest absolute Gasteiger partial charge is 0.481 e. The van der Waals surface area contributed by atoms with Gasteiger partial charge in [-0.25, -0.2) is 4.79 Å². The van der Waals surface area contributed by atoms with Gasteiger partial charge < -0.3 is 20.1 Å². The van der Waals surface area contributed by atoms with Crippen LogP contribution in [0.3, 0.4) is 0 Å². The fraction of sp³-hybridized carbons (Fsp3) is 0.323. The Balaban J connectivity index is 1.31. The topological polar surface area (TPSA) is 95.9 Å². The van der Waals surface area contributed by atoms with E-state index in [1.54, 1.807) is 4.90 Å². The molecule has 198 valence electrons. The summed E-state index contributed by atoms with van der Waals surface area (Å²) < 4.78 is 5.62. The summed E-state index contributed by atoms with van der Waals surface area (Å²) in [5.74, 6) is -1.13. The van der Waals surface area contributed by atoms with Crippen LogP contribution in [0.15, 0.2) is 78.9 Å². The molecule has 2 amide bonds. The molecule has 0 saturated carbocycles. The minimum atomic E-state index is -0.952. The van der Waals surface area contributed by atoms with Crippen LogP contribution in [-0.2, 0) is 20.9 Å². The molecule has 0 heterocycles. The minimum absolute atomic E-state index is 0.0245. The number of ether oxygens (including phenoxy) is 1. The summed E-state index contributed by atoms with van der Waals surface area (Å²) in [5.41, 5.74) is 5.00. The highest BCUT2D eigenvalue weighted by molar-refractivity contribution is 5.79. The summed E-state index contributed by atoms with van der Waals surface area (Å²) in [6, 6.07) is 25.8. The predicted molar refractivity (Wildman–Crippen MR) is 146 cm³/mol. The molecule has 3 aromatic carbocycles. The first-order chi connectivity index (χ1) is 18.2. The molecule has 4 rings (SSSR count). The van der Waals surface area contributed by atoms with Gasteiger partial charge in [-0.15, -0.1) is 0 Å². The minimum Gasteiger partial charge on any atom is -0.481 e. The SMILES string of the molecule is CC(C)(CNC(=O)OCC1c2ccccc2-c2ccccc21)CC(=O)N(CCC(=O)O)Cc1ccccc1. The number of rotatable bonds is 11. The molecule has 38 heavy (non-hydrogen) atoms. The molecular formula is C31H34N2O5. The van der Waals surface area contributed by atoms with E-state index in [-0.39, 0.29) is 44.4 Å². The zero-order valence-electron chi connectivity index (χ0n) is 21.9. The first-order valence-electron chi connectivity index (χ1n) is 12.9. The number of aliphatic carboxylic acids is 1. The zero-order chi connectivity index (χ0) is 27.1. The van der Waals surface area contributed by atoms with Gasteiger partial charge in [-0.3, -0.25) is 9.59 Å². The fourth-order valence-electron chi connectivity index (χ4n) is 4.87. The summed E-state index contributed by atoms with van der Waals surface area (Å²) in [7, 11) is 0. The third kappa shape index (κ3) is 6.79. The molecule has 0 saturated heterocycles. The Kier molecular flexibility index (Phi) is 8.46. The second-order valence-electron chi connectivity index (χ2n) is 10.5. The van der Waals surface area contributed by atoms with Crippen molar-refractivity contribution in [1.29, 1.82) is 0 Å². The number of carboxylic acid groups (broad SMARTS) is 1. The van der Waals surface area contributed by atoms with Crippen LogP contribution in [-0.4, -0.2) is 47.7 Å². The number of carbonyl (C=O) groups is 3. The lowest BCUT2D eigenvalue weighted by atomic mass is 9.88. The van der Waals surface area contributed by atoms with E-state index in [1.165, 1.54) is 11.1 Å². The Labute approximate surface area is 223 Å². The van der Waals surface area contributed by atoms with Gasteiger partial charge >= 0.3 is 12.1 Å². The molecule has 7 nitrogen and oxygen atoms in total. The average molecular weight is 515 g/mol. The maximum absolute atomic E-state index is 13.1. The highest BCUT2D eigenvalue weighted by atomic mass is 16.5. The molecule has 0 aromatic heterocycles. The number of carboxylic acids is 1. The van der Waals surface area contributed by atoms with Crippen LogP contribution in [0.4, 0.5) is 4.79 Å². The first kappa shape index (κ1) is 26.9. The fourth-order valence-corrected chi connectivity index (χ4v) is 4.87. The van der Waals surface area contributed by atoms with Crippen LogP contribution in [0.5, 0.6) is 0 Å². The molecule has 2 N–H and O–H groups in total. The van der Waals surface area contributed by atoms with Crippen LogP contribution in [0.25, 0.3) is 11.1 Å². The number of nitrogens with zero attached hydrogens (tertiary/aromatic N) is 1. The maximum Gasteiger partial charge on any atom is 0.407 e. The first-order valence-corrected chi connectivity index (χ1v) is 12.9. The van der Waals surface area contributed by atoms with Gasteiger partial charge in [0.25, 0.3) is 0 Å². The van der Waals surface area contributed by atoms with Gasteiger partial charge in [-0.2, -0.15) is 0 Å². The lowest BCUT2D eigenvalue weighted by Crippen LogP contribution is -2.40. The number of fused-ring (bicyclic) bond motifs is 3. The highest BCUT2D eigenvalue weighted by Gasteiger charge is 2.30. The average Bonchev–Trinajstić information content (AvgIpc) is 3.22. The molecule has 0 fully saturated rings. The van der Waals surface area contributed by atoms with Crippen molar-refractivity contribution in [2.24, 2.45) is 5.41 Å². The number of carbonyl (C=O) groups excluding carboxylic acids is 2. The van der Waals surface area contributed by atoms with Crippen molar-refractivity contribution in [2.45, 2.75) is 39.2 Å². The Bertz CT molecular complexity index is 1240. The predicted octanol–water partition coefficient (Wildman–Crippen LogP) is 5.44. The third-order valence-electron chi connectivity index (χ3n) is 6.85. The van der Waals surface area contributed by atoms with Crippen molar-refractivity contribution in [1.82, 2.24) is 10.2 Å². The standard InChI is InChI=1S/C31H34N2O5/c1-31(2,18-28(34)33(17-16-29(35)36)19-22-10-4-3-5-11-22)21-32-30(37)38-20-27-25-14-8-6-12-23(25)24-13-7-9-15-26(24)27/h3-15,27H,16-21H2,1-2H3,(H,32,37)(H,35,36). The number of hydrogen-bond donors (Lipinski definition) is 2. The number of nitrogens with one attached hydrogen (secondary N) is 1. The van der Waals surface area contributed by atoms with Crippen LogP contribution in [0.2, 0.25) is 0 Å². The van der Waals surface area contributed by atoms with Crippen molar-refractivity contribution in [3.05, 3.63) is 95.6 Å². The Morgan fingerprint density at radius 1 is 0.895 bits per heavy atom. The highest BCUT2D eigenvalue weighted by Crippen LogP contribution is 2.44. The van der Waals surface area contributed by atoms with E-state index in [1.807, 2.05) is 68.4 Å². The van der Waals surface area contributed by atoms with E-state index in [2.05, 4.69) is 29.6 Å². The van der Waals surface area contributed by atoms with Crippen molar-refractivity contribution < 1.29 is 24.2 Å². The molecule has 7 heteroatoms. The summed E-state index contributed by atoms with van der Waals surface area (Å²) in [6.07, 6.45) is -0.500. The normalized spacial score (nSPS) is 12.4. The number of hydrogen-bond acceptors (Lipinski definition) is 4. The molecule has 0 aliphatic heterocycles. The molecule has 1 aliphatic carbocycles. The van der Waals surface area contributed by atoms with Gasteiger partial charge in [0, 0.05) is 32.0 Å². The van der Waals surface area contributed by atoms with Crippen molar-refractivity contribution in [2.75, 3.05) is 19.7 Å². The van der Waals surface area contributed by atoms with Gasteiger partial charge in [0.15, 0.2) is 0 Å². The zero-order valence-corrected chi connectivity index (χ0v) is 21.9. The van der Waals surface area contributed by atoms with E-state index < -0.39 is 17.5 Å². The molecule has 0 bridgehead atoms. The van der Waals surface area contributed by atoms with Gasteiger partial charge in [0.2, 0.25) is 5.91 Å². The van der Waals surface area contributed by atoms with Gasteiger partial charge in [-0.05, 0) is 33.2 Å². The second-order valence-corrected chi connectivity index (χ2v) is 10.5.